The quantitative estimate of drug-likeness (QED) is 0.780. The van der Waals surface area contributed by atoms with Gasteiger partial charge in [0, 0.05) is 19.3 Å². The second kappa shape index (κ2) is 5.67. The first-order valence-electron chi connectivity index (χ1n) is 4.78. The molecular formula is C9H11F3N2O3. The molecule has 0 radical (unpaired) electrons. The summed E-state index contributed by atoms with van der Waals surface area (Å²) in [6, 6.07) is 0. The molecule has 17 heavy (non-hydrogen) atoms. The van der Waals surface area contributed by atoms with E-state index < -0.39 is 18.8 Å². The maximum atomic E-state index is 11.7. The maximum Gasteiger partial charge on any atom is 0.411 e. The van der Waals surface area contributed by atoms with E-state index in [1.807, 2.05) is 0 Å². The first-order chi connectivity index (χ1) is 7.88. The van der Waals surface area contributed by atoms with Crippen molar-refractivity contribution in [3.63, 3.8) is 0 Å². The first kappa shape index (κ1) is 13.5. The number of imidazole rings is 1. The fourth-order valence-corrected chi connectivity index (χ4v) is 1.13. The van der Waals surface area contributed by atoms with Crippen LogP contribution in [0.3, 0.4) is 0 Å². The Morgan fingerprint density at radius 3 is 2.76 bits per heavy atom. The Kier molecular flexibility index (Phi) is 4.50. The van der Waals surface area contributed by atoms with Crippen LogP contribution in [0.25, 0.3) is 0 Å². The average Bonchev–Trinajstić information content (AvgIpc) is 2.64. The predicted molar refractivity (Wildman–Crippen MR) is 50.7 cm³/mol. The van der Waals surface area contributed by atoms with Crippen LogP contribution >= 0.6 is 0 Å². The molecule has 0 bridgehead atoms. The zero-order chi connectivity index (χ0) is 12.9. The van der Waals surface area contributed by atoms with Crippen LogP contribution < -0.4 is 0 Å². The minimum atomic E-state index is -4.31. The molecule has 0 atom stereocenters. The summed E-state index contributed by atoms with van der Waals surface area (Å²) in [5.74, 6) is -1.14. The van der Waals surface area contributed by atoms with E-state index in [9.17, 15) is 18.0 Å². The van der Waals surface area contributed by atoms with E-state index in [4.69, 9.17) is 5.11 Å². The third-order valence-electron chi connectivity index (χ3n) is 1.82. The fourth-order valence-electron chi connectivity index (χ4n) is 1.13. The molecule has 0 saturated heterocycles. The molecule has 1 rings (SSSR count). The van der Waals surface area contributed by atoms with Crippen molar-refractivity contribution in [3.8, 4) is 0 Å². The van der Waals surface area contributed by atoms with E-state index in [1.165, 1.54) is 17.1 Å². The van der Waals surface area contributed by atoms with Gasteiger partial charge in [0.25, 0.3) is 0 Å². The lowest BCUT2D eigenvalue weighted by Crippen LogP contribution is -2.17. The summed E-state index contributed by atoms with van der Waals surface area (Å²) in [4.78, 5) is 14.1. The van der Waals surface area contributed by atoms with E-state index in [1.54, 1.807) is 0 Å². The van der Waals surface area contributed by atoms with Gasteiger partial charge in [0.15, 0.2) is 5.69 Å². The molecule has 1 heterocycles. The van der Waals surface area contributed by atoms with Crippen LogP contribution in [0.2, 0.25) is 0 Å². The Hall–Kier alpha value is -1.57. The number of hydrogen-bond acceptors (Lipinski definition) is 3. The summed E-state index contributed by atoms with van der Waals surface area (Å²) in [6.45, 7) is -0.949. The number of rotatable bonds is 6. The van der Waals surface area contributed by atoms with Crippen molar-refractivity contribution < 1.29 is 27.8 Å². The van der Waals surface area contributed by atoms with Crippen LogP contribution in [0.5, 0.6) is 0 Å². The van der Waals surface area contributed by atoms with Gasteiger partial charge in [-0.1, -0.05) is 0 Å². The smallest absolute Gasteiger partial charge is 0.411 e. The lowest BCUT2D eigenvalue weighted by molar-refractivity contribution is -0.174. The lowest BCUT2D eigenvalue weighted by Gasteiger charge is -2.07. The maximum absolute atomic E-state index is 11.7. The zero-order valence-electron chi connectivity index (χ0n) is 8.78. The second-order valence-corrected chi connectivity index (χ2v) is 3.32. The van der Waals surface area contributed by atoms with Crippen LogP contribution in [0.15, 0.2) is 12.5 Å². The van der Waals surface area contributed by atoms with Crippen molar-refractivity contribution in [3.05, 3.63) is 18.2 Å². The van der Waals surface area contributed by atoms with Crippen LogP contribution in [0.4, 0.5) is 13.2 Å². The zero-order valence-corrected chi connectivity index (χ0v) is 8.78. The van der Waals surface area contributed by atoms with Gasteiger partial charge in [-0.25, -0.2) is 9.78 Å². The number of halogens is 3. The van der Waals surface area contributed by atoms with Crippen LogP contribution in [-0.2, 0) is 11.3 Å². The van der Waals surface area contributed by atoms with E-state index in [-0.39, 0.29) is 12.3 Å². The SMILES string of the molecule is O=C(O)c1cn(CCCOCC(F)(F)F)cn1. The summed E-state index contributed by atoms with van der Waals surface area (Å²) in [5.41, 5.74) is -0.0961. The monoisotopic (exact) mass is 252 g/mol. The molecule has 0 saturated carbocycles. The van der Waals surface area contributed by atoms with Crippen LogP contribution in [0, 0.1) is 0 Å². The molecular weight excluding hydrogens is 241 g/mol. The summed E-state index contributed by atoms with van der Waals surface area (Å²) >= 11 is 0. The van der Waals surface area contributed by atoms with Gasteiger partial charge in [0.2, 0.25) is 0 Å². The summed E-state index contributed by atoms with van der Waals surface area (Å²) < 4.78 is 41.0. The van der Waals surface area contributed by atoms with Gasteiger partial charge in [-0.2, -0.15) is 13.2 Å². The Morgan fingerprint density at radius 1 is 1.53 bits per heavy atom. The molecule has 0 aromatic carbocycles. The third-order valence-corrected chi connectivity index (χ3v) is 1.82. The molecule has 1 aromatic rings. The number of hydrogen-bond donors (Lipinski definition) is 1. The van der Waals surface area contributed by atoms with Gasteiger partial charge in [-0.05, 0) is 6.42 Å². The molecule has 96 valence electrons. The largest absolute Gasteiger partial charge is 0.476 e. The molecule has 8 heteroatoms. The number of ether oxygens (including phenoxy) is 1. The highest BCUT2D eigenvalue weighted by atomic mass is 19.4. The number of aromatic carboxylic acids is 1. The number of aromatic nitrogens is 2. The van der Waals surface area contributed by atoms with E-state index in [0.717, 1.165) is 0 Å². The summed E-state index contributed by atoms with van der Waals surface area (Å²) in [6.07, 6.45) is -1.34. The summed E-state index contributed by atoms with van der Waals surface area (Å²) in [5, 5.41) is 8.57. The Morgan fingerprint density at radius 2 is 2.24 bits per heavy atom. The minimum Gasteiger partial charge on any atom is -0.476 e. The molecule has 0 aliphatic carbocycles. The van der Waals surface area contributed by atoms with Crippen molar-refractivity contribution in [2.45, 2.75) is 19.1 Å². The van der Waals surface area contributed by atoms with Gasteiger partial charge < -0.3 is 14.4 Å². The van der Waals surface area contributed by atoms with Gasteiger partial charge in [-0.15, -0.1) is 0 Å². The molecule has 0 amide bonds. The minimum absolute atomic E-state index is 0.0416. The van der Waals surface area contributed by atoms with Gasteiger partial charge in [0.1, 0.15) is 6.61 Å². The molecule has 0 fully saturated rings. The number of aryl methyl sites for hydroxylation is 1. The van der Waals surface area contributed by atoms with E-state index >= 15 is 0 Å². The number of nitrogens with zero attached hydrogens (tertiary/aromatic N) is 2. The van der Waals surface area contributed by atoms with Crippen molar-refractivity contribution in [1.82, 2.24) is 9.55 Å². The number of carboxylic acids is 1. The van der Waals surface area contributed by atoms with Crippen molar-refractivity contribution in [2.75, 3.05) is 13.2 Å². The normalized spacial score (nSPS) is 11.7. The Labute approximate surface area is 94.8 Å². The number of carbonyl (C=O) groups is 1. The highest BCUT2D eigenvalue weighted by molar-refractivity contribution is 5.84. The van der Waals surface area contributed by atoms with E-state index in [0.29, 0.717) is 13.0 Å². The highest BCUT2D eigenvalue weighted by Crippen LogP contribution is 2.14. The highest BCUT2D eigenvalue weighted by Gasteiger charge is 2.27. The lowest BCUT2D eigenvalue weighted by atomic mass is 10.4. The average molecular weight is 252 g/mol. The van der Waals surface area contributed by atoms with Gasteiger partial charge in [-0.3, -0.25) is 0 Å². The molecule has 1 aromatic heterocycles. The fraction of sp³-hybridized carbons (Fsp3) is 0.556. The third kappa shape index (κ3) is 5.34. The predicted octanol–water partition coefficient (Wildman–Crippen LogP) is 1.55. The number of carboxylic acid groups (broad SMARTS) is 1. The molecule has 1 N–H and O–H groups in total. The summed E-state index contributed by atoms with van der Waals surface area (Å²) in [7, 11) is 0. The Bertz CT molecular complexity index is 376. The van der Waals surface area contributed by atoms with Crippen molar-refractivity contribution >= 4 is 5.97 Å². The number of alkyl halides is 3. The second-order valence-electron chi connectivity index (χ2n) is 3.32. The van der Waals surface area contributed by atoms with Crippen molar-refractivity contribution in [2.24, 2.45) is 0 Å². The van der Waals surface area contributed by atoms with Crippen LogP contribution in [-0.4, -0.2) is 40.0 Å². The van der Waals surface area contributed by atoms with Crippen LogP contribution in [0.1, 0.15) is 16.9 Å². The molecule has 0 aliphatic rings. The van der Waals surface area contributed by atoms with Gasteiger partial charge >= 0.3 is 12.1 Å². The molecule has 0 spiro atoms. The topological polar surface area (TPSA) is 64.3 Å². The molecule has 0 unspecified atom stereocenters. The first-order valence-corrected chi connectivity index (χ1v) is 4.78. The molecule has 5 nitrogen and oxygen atoms in total. The Balaban J connectivity index is 2.20. The molecule has 0 aliphatic heterocycles. The standard InChI is InChI=1S/C9H11F3N2O3/c10-9(11,12)5-17-3-1-2-14-4-7(8(15)16)13-6-14/h4,6H,1-3,5H2,(H,15,16). The van der Waals surface area contributed by atoms with Crippen molar-refractivity contribution in [1.29, 1.82) is 0 Å². The van der Waals surface area contributed by atoms with E-state index in [2.05, 4.69) is 9.72 Å². The van der Waals surface area contributed by atoms with Gasteiger partial charge in [0.05, 0.1) is 6.33 Å².